The molecule has 0 radical (unpaired) electrons. The fourth-order valence-corrected chi connectivity index (χ4v) is 6.09. The van der Waals surface area contributed by atoms with Crippen molar-refractivity contribution in [2.24, 2.45) is 41.4 Å². The molecule has 25 heavy (non-hydrogen) atoms. The van der Waals surface area contributed by atoms with Gasteiger partial charge in [-0.2, -0.15) is 0 Å². The van der Waals surface area contributed by atoms with Crippen LogP contribution in [0.25, 0.3) is 0 Å². The van der Waals surface area contributed by atoms with Crippen LogP contribution in [0, 0.1) is 41.4 Å². The minimum atomic E-state index is -1.09. The van der Waals surface area contributed by atoms with Gasteiger partial charge in [0.05, 0.1) is 0 Å². The lowest BCUT2D eigenvalue weighted by Gasteiger charge is -2.44. The van der Waals surface area contributed by atoms with Crippen LogP contribution in [0.4, 0.5) is 13.2 Å². The smallest absolute Gasteiger partial charge is 0.106 e. The van der Waals surface area contributed by atoms with E-state index in [1.54, 1.807) is 6.92 Å². The highest BCUT2D eigenvalue weighted by Crippen LogP contribution is 2.48. The Morgan fingerprint density at radius 3 is 1.68 bits per heavy atom. The molecule has 5 atom stereocenters. The molecule has 0 N–H and O–H groups in total. The van der Waals surface area contributed by atoms with Crippen LogP contribution in [0.2, 0.25) is 0 Å². The topological polar surface area (TPSA) is 0 Å². The van der Waals surface area contributed by atoms with E-state index in [1.165, 1.54) is 25.7 Å². The van der Waals surface area contributed by atoms with Gasteiger partial charge >= 0.3 is 0 Å². The quantitative estimate of drug-likeness (QED) is 0.513. The lowest BCUT2D eigenvalue weighted by Crippen LogP contribution is -2.42. The molecule has 3 aliphatic rings. The van der Waals surface area contributed by atoms with Crippen molar-refractivity contribution in [2.75, 3.05) is 0 Å². The van der Waals surface area contributed by atoms with E-state index >= 15 is 0 Å². The molecule has 3 aliphatic carbocycles. The average molecular weight is 359 g/mol. The molecule has 3 heteroatoms. The summed E-state index contributed by atoms with van der Waals surface area (Å²) in [5.41, 5.74) is 0. The maximum Gasteiger partial charge on any atom is 0.106 e. The first kappa shape index (κ1) is 19.5. The van der Waals surface area contributed by atoms with Crippen molar-refractivity contribution in [1.82, 2.24) is 0 Å². The second kappa shape index (κ2) is 8.21. The second-order valence-electron chi connectivity index (χ2n) is 9.79. The van der Waals surface area contributed by atoms with E-state index in [4.69, 9.17) is 0 Å². The third kappa shape index (κ3) is 4.38. The number of alkyl halides is 3. The molecule has 0 aromatic carbocycles. The molecule has 3 fully saturated rings. The van der Waals surface area contributed by atoms with Crippen molar-refractivity contribution >= 4 is 0 Å². The van der Waals surface area contributed by atoms with Crippen molar-refractivity contribution < 1.29 is 13.2 Å². The Morgan fingerprint density at radius 1 is 0.640 bits per heavy atom. The molecule has 0 aromatic heterocycles. The molecular formula is C22H37F3. The van der Waals surface area contributed by atoms with Crippen LogP contribution in [-0.4, -0.2) is 18.5 Å². The fourth-order valence-electron chi connectivity index (χ4n) is 6.09. The minimum Gasteiger partial charge on any atom is -0.247 e. The maximum atomic E-state index is 14.9. The summed E-state index contributed by atoms with van der Waals surface area (Å²) in [5, 5.41) is 0. The van der Waals surface area contributed by atoms with Gasteiger partial charge in [0.15, 0.2) is 0 Å². The van der Waals surface area contributed by atoms with Crippen molar-refractivity contribution in [3.63, 3.8) is 0 Å². The molecule has 0 amide bonds. The lowest BCUT2D eigenvalue weighted by molar-refractivity contribution is -0.0132. The summed E-state index contributed by atoms with van der Waals surface area (Å²) in [5.74, 6) is 2.10. The monoisotopic (exact) mass is 358 g/mol. The number of rotatable bonds is 3. The van der Waals surface area contributed by atoms with E-state index in [0.717, 1.165) is 24.7 Å². The van der Waals surface area contributed by atoms with Crippen LogP contribution in [-0.2, 0) is 0 Å². The fraction of sp³-hybridized carbons (Fsp3) is 1.00. The third-order valence-electron chi connectivity index (χ3n) is 8.09. The van der Waals surface area contributed by atoms with E-state index in [9.17, 15) is 13.2 Å². The Morgan fingerprint density at radius 2 is 1.16 bits per heavy atom. The van der Waals surface area contributed by atoms with Gasteiger partial charge in [-0.3, -0.25) is 0 Å². The molecule has 0 aromatic rings. The standard InChI is InChI=1S/C22H37F3/c1-13(2)15-4-6-16(7-5-15)17-8-9-19(22(25)10-17)18-11-20(23)14(3)21(24)12-18/h13-22H,4-12H2,1-3H3. The molecule has 146 valence electrons. The number of hydrogen-bond acceptors (Lipinski definition) is 0. The van der Waals surface area contributed by atoms with Crippen LogP contribution in [0.1, 0.15) is 78.6 Å². The van der Waals surface area contributed by atoms with E-state index in [0.29, 0.717) is 31.1 Å². The summed E-state index contributed by atoms with van der Waals surface area (Å²) >= 11 is 0. The van der Waals surface area contributed by atoms with Gasteiger partial charge in [-0.05, 0) is 93.3 Å². The van der Waals surface area contributed by atoms with Crippen LogP contribution < -0.4 is 0 Å². The summed E-state index contributed by atoms with van der Waals surface area (Å²) in [6.45, 7) is 6.28. The number of halogens is 3. The van der Waals surface area contributed by atoms with E-state index < -0.39 is 24.4 Å². The zero-order chi connectivity index (χ0) is 18.1. The molecule has 3 saturated carbocycles. The third-order valence-corrected chi connectivity index (χ3v) is 8.09. The van der Waals surface area contributed by atoms with Crippen molar-refractivity contribution in [1.29, 1.82) is 0 Å². The van der Waals surface area contributed by atoms with Gasteiger partial charge in [0, 0.05) is 5.92 Å². The molecule has 0 nitrogen and oxygen atoms in total. The van der Waals surface area contributed by atoms with E-state index in [-0.39, 0.29) is 11.8 Å². The first-order valence-electron chi connectivity index (χ1n) is 10.8. The first-order valence-corrected chi connectivity index (χ1v) is 10.8. The van der Waals surface area contributed by atoms with Crippen LogP contribution in [0.15, 0.2) is 0 Å². The highest BCUT2D eigenvalue weighted by molar-refractivity contribution is 4.93. The maximum absolute atomic E-state index is 14.9. The van der Waals surface area contributed by atoms with Gasteiger partial charge in [0.1, 0.15) is 18.5 Å². The lowest BCUT2D eigenvalue weighted by atomic mass is 9.63. The highest BCUT2D eigenvalue weighted by Gasteiger charge is 2.44. The molecule has 0 spiro atoms. The van der Waals surface area contributed by atoms with Gasteiger partial charge in [-0.15, -0.1) is 0 Å². The Bertz CT molecular complexity index is 403. The highest BCUT2D eigenvalue weighted by atomic mass is 19.1. The predicted octanol–water partition coefficient (Wildman–Crippen LogP) is 6.93. The summed E-state index contributed by atoms with van der Waals surface area (Å²) < 4.78 is 43.1. The molecule has 0 saturated heterocycles. The van der Waals surface area contributed by atoms with Gasteiger partial charge in [0.25, 0.3) is 0 Å². The van der Waals surface area contributed by atoms with Crippen molar-refractivity contribution in [2.45, 2.75) is 97.1 Å². The Kier molecular flexibility index (Phi) is 6.42. The zero-order valence-electron chi connectivity index (χ0n) is 16.3. The molecule has 0 bridgehead atoms. The Hall–Kier alpha value is -0.210. The van der Waals surface area contributed by atoms with Crippen LogP contribution in [0.5, 0.6) is 0 Å². The number of hydrogen-bond donors (Lipinski definition) is 0. The SMILES string of the molecule is CC(C)C1CCC(C2CCC(C3CC(F)C(C)C(F)C3)C(F)C2)CC1. The Balaban J connectivity index is 1.51. The second-order valence-corrected chi connectivity index (χ2v) is 9.79. The molecule has 0 heterocycles. The minimum absolute atomic E-state index is 0.0890. The van der Waals surface area contributed by atoms with Gasteiger partial charge < -0.3 is 0 Å². The van der Waals surface area contributed by atoms with Gasteiger partial charge in [-0.1, -0.05) is 20.8 Å². The van der Waals surface area contributed by atoms with Gasteiger partial charge in [0.2, 0.25) is 0 Å². The molecular weight excluding hydrogens is 321 g/mol. The molecule has 0 aliphatic heterocycles. The summed E-state index contributed by atoms with van der Waals surface area (Å²) in [6.07, 6.45) is 5.37. The van der Waals surface area contributed by atoms with Crippen molar-refractivity contribution in [3.8, 4) is 0 Å². The van der Waals surface area contributed by atoms with E-state index in [1.807, 2.05) is 0 Å². The largest absolute Gasteiger partial charge is 0.247 e. The van der Waals surface area contributed by atoms with E-state index in [2.05, 4.69) is 13.8 Å². The summed E-state index contributed by atoms with van der Waals surface area (Å²) in [6, 6.07) is 0. The Labute approximate surface area is 152 Å². The first-order chi connectivity index (χ1) is 11.9. The molecule has 5 unspecified atom stereocenters. The van der Waals surface area contributed by atoms with Crippen molar-refractivity contribution in [3.05, 3.63) is 0 Å². The predicted molar refractivity (Wildman–Crippen MR) is 97.7 cm³/mol. The van der Waals surface area contributed by atoms with Crippen LogP contribution in [0.3, 0.4) is 0 Å². The molecule has 3 rings (SSSR count). The summed E-state index contributed by atoms with van der Waals surface area (Å²) in [7, 11) is 0. The van der Waals surface area contributed by atoms with Gasteiger partial charge in [-0.25, -0.2) is 13.2 Å². The average Bonchev–Trinajstić information content (AvgIpc) is 2.59. The van der Waals surface area contributed by atoms with Crippen LogP contribution >= 0.6 is 0 Å². The summed E-state index contributed by atoms with van der Waals surface area (Å²) in [4.78, 5) is 0. The zero-order valence-corrected chi connectivity index (χ0v) is 16.3. The normalized spacial score (nSPS) is 49.3.